The molecule has 2 aromatic carbocycles. The largest absolute Gasteiger partial charge is 0.507 e. The lowest BCUT2D eigenvalue weighted by Crippen LogP contribution is -2.18. The lowest BCUT2D eigenvalue weighted by molar-refractivity contribution is 0.0857. The van der Waals surface area contributed by atoms with Crippen LogP contribution in [0.4, 0.5) is 0 Å². The summed E-state index contributed by atoms with van der Waals surface area (Å²) < 4.78 is 0. The van der Waals surface area contributed by atoms with Gasteiger partial charge in [0.15, 0.2) is 6.10 Å². The fraction of sp³-hybridized carbons (Fsp3) is 0.435. The molecule has 0 amide bonds. The highest BCUT2D eigenvalue weighted by Crippen LogP contribution is 2.40. The quantitative estimate of drug-likeness (QED) is 0.737. The minimum atomic E-state index is -0.154. The summed E-state index contributed by atoms with van der Waals surface area (Å²) in [5.41, 5.74) is 4.69. The van der Waals surface area contributed by atoms with Crippen LogP contribution < -0.4 is 0 Å². The summed E-state index contributed by atoms with van der Waals surface area (Å²) in [5, 5.41) is 15.3. The first-order chi connectivity index (χ1) is 12.1. The topological polar surface area (TPSA) is 41.8 Å². The third kappa shape index (κ3) is 3.62. The summed E-state index contributed by atoms with van der Waals surface area (Å²) >= 11 is 0. The highest BCUT2D eigenvalue weighted by molar-refractivity contribution is 6.04. The first kappa shape index (κ1) is 18.5. The standard InChI is InChI=1S/C23H29NO2/c1-22(2,3)16-12-17(21(25)18(13-16)23(4,5)6)19-14-20(26-24-19)15-10-8-7-9-11-15/h7-13,20,25H,14H2,1-6H3. The lowest BCUT2D eigenvalue weighted by Gasteiger charge is -2.27. The van der Waals surface area contributed by atoms with E-state index >= 15 is 0 Å². The predicted molar refractivity (Wildman–Crippen MR) is 107 cm³/mol. The van der Waals surface area contributed by atoms with Crippen LogP contribution in [0.15, 0.2) is 47.6 Å². The van der Waals surface area contributed by atoms with Crippen LogP contribution in [0.1, 0.15) is 76.3 Å². The minimum absolute atomic E-state index is 0.0126. The third-order valence-corrected chi connectivity index (χ3v) is 4.94. The number of hydrogen-bond acceptors (Lipinski definition) is 3. The molecule has 0 spiro atoms. The Morgan fingerprint density at radius 3 is 2.19 bits per heavy atom. The van der Waals surface area contributed by atoms with Crippen LogP contribution >= 0.6 is 0 Å². The highest BCUT2D eigenvalue weighted by atomic mass is 16.6. The van der Waals surface area contributed by atoms with Crippen LogP contribution in [-0.4, -0.2) is 10.8 Å². The van der Waals surface area contributed by atoms with Gasteiger partial charge in [-0.1, -0.05) is 83.1 Å². The van der Waals surface area contributed by atoms with Crippen LogP contribution in [0.5, 0.6) is 5.75 Å². The Bertz CT molecular complexity index is 824. The maximum Gasteiger partial charge on any atom is 0.158 e. The van der Waals surface area contributed by atoms with Gasteiger partial charge < -0.3 is 9.94 Å². The molecule has 0 fully saturated rings. The molecule has 2 aromatic rings. The molecule has 0 bridgehead atoms. The Labute approximate surface area is 156 Å². The van der Waals surface area contributed by atoms with Crippen molar-refractivity contribution in [3.8, 4) is 5.75 Å². The first-order valence-electron chi connectivity index (χ1n) is 9.23. The normalized spacial score (nSPS) is 17.8. The predicted octanol–water partition coefficient (Wildman–Crippen LogP) is 5.85. The molecule has 1 heterocycles. The van der Waals surface area contributed by atoms with Crippen LogP contribution in [-0.2, 0) is 15.7 Å². The van der Waals surface area contributed by atoms with E-state index < -0.39 is 0 Å². The molecule has 1 aliphatic heterocycles. The Morgan fingerprint density at radius 1 is 0.962 bits per heavy atom. The fourth-order valence-electron chi connectivity index (χ4n) is 3.24. The second-order valence-electron chi connectivity index (χ2n) is 9.17. The summed E-state index contributed by atoms with van der Waals surface area (Å²) in [5.74, 6) is 0.321. The number of hydrogen-bond donors (Lipinski definition) is 1. The first-order valence-corrected chi connectivity index (χ1v) is 9.23. The Hall–Kier alpha value is -2.29. The molecule has 1 atom stereocenters. The fourth-order valence-corrected chi connectivity index (χ4v) is 3.24. The zero-order valence-corrected chi connectivity index (χ0v) is 16.6. The van der Waals surface area contributed by atoms with E-state index in [0.29, 0.717) is 12.2 Å². The summed E-state index contributed by atoms with van der Waals surface area (Å²) in [4.78, 5) is 5.69. The zero-order chi connectivity index (χ0) is 19.1. The number of rotatable bonds is 2. The number of phenols is 1. The van der Waals surface area contributed by atoms with Gasteiger partial charge in [-0.15, -0.1) is 0 Å². The van der Waals surface area contributed by atoms with Gasteiger partial charge in [-0.25, -0.2) is 0 Å². The van der Waals surface area contributed by atoms with Crippen molar-refractivity contribution >= 4 is 5.71 Å². The van der Waals surface area contributed by atoms with Gasteiger partial charge in [-0.2, -0.15) is 0 Å². The van der Waals surface area contributed by atoms with E-state index in [1.54, 1.807) is 0 Å². The van der Waals surface area contributed by atoms with Crippen molar-refractivity contribution in [3.05, 3.63) is 64.7 Å². The van der Waals surface area contributed by atoms with Gasteiger partial charge in [0.2, 0.25) is 0 Å². The molecule has 0 aliphatic carbocycles. The highest BCUT2D eigenvalue weighted by Gasteiger charge is 2.30. The van der Waals surface area contributed by atoms with E-state index in [0.717, 1.165) is 22.4 Å². The molecular weight excluding hydrogens is 322 g/mol. The molecule has 0 aromatic heterocycles. The second-order valence-corrected chi connectivity index (χ2v) is 9.17. The van der Waals surface area contributed by atoms with Crippen molar-refractivity contribution in [1.29, 1.82) is 0 Å². The van der Waals surface area contributed by atoms with Gasteiger partial charge in [0.05, 0.1) is 5.71 Å². The molecule has 0 radical (unpaired) electrons. The maximum atomic E-state index is 11.0. The number of oxime groups is 1. The number of benzene rings is 2. The molecular formula is C23H29NO2. The summed E-state index contributed by atoms with van der Waals surface area (Å²) in [7, 11) is 0. The molecule has 26 heavy (non-hydrogen) atoms. The van der Waals surface area contributed by atoms with Crippen molar-refractivity contribution in [2.75, 3.05) is 0 Å². The van der Waals surface area contributed by atoms with Crippen molar-refractivity contribution < 1.29 is 9.94 Å². The second kappa shape index (κ2) is 6.46. The van der Waals surface area contributed by atoms with Gasteiger partial charge >= 0.3 is 0 Å². The van der Waals surface area contributed by atoms with E-state index in [1.807, 2.05) is 18.2 Å². The van der Waals surface area contributed by atoms with Crippen LogP contribution in [0.25, 0.3) is 0 Å². The van der Waals surface area contributed by atoms with E-state index in [4.69, 9.17) is 4.84 Å². The molecule has 1 unspecified atom stereocenters. The molecule has 0 saturated carbocycles. The molecule has 3 nitrogen and oxygen atoms in total. The monoisotopic (exact) mass is 351 g/mol. The molecule has 1 N–H and O–H groups in total. The molecule has 138 valence electrons. The van der Waals surface area contributed by atoms with Crippen LogP contribution in [0.2, 0.25) is 0 Å². The van der Waals surface area contributed by atoms with E-state index in [-0.39, 0.29) is 16.9 Å². The number of nitrogens with zero attached hydrogens (tertiary/aromatic N) is 1. The summed E-state index contributed by atoms with van der Waals surface area (Å²) in [6.45, 7) is 12.9. The van der Waals surface area contributed by atoms with E-state index in [9.17, 15) is 5.11 Å². The third-order valence-electron chi connectivity index (χ3n) is 4.94. The minimum Gasteiger partial charge on any atom is -0.507 e. The molecule has 3 heteroatoms. The van der Waals surface area contributed by atoms with Crippen LogP contribution in [0, 0.1) is 0 Å². The van der Waals surface area contributed by atoms with Gasteiger partial charge in [0, 0.05) is 17.5 Å². The number of aromatic hydroxyl groups is 1. The summed E-state index contributed by atoms with van der Waals surface area (Å²) in [6.07, 6.45) is 0.566. The average molecular weight is 351 g/mol. The molecule has 1 aliphatic rings. The smallest absolute Gasteiger partial charge is 0.158 e. The molecule has 0 saturated heterocycles. The van der Waals surface area contributed by atoms with Crippen molar-refractivity contribution in [1.82, 2.24) is 0 Å². The SMILES string of the molecule is CC(C)(C)c1cc(C2=NOC(c3ccccc3)C2)c(O)c(C(C)(C)C)c1. The zero-order valence-electron chi connectivity index (χ0n) is 16.6. The Kier molecular flexibility index (Phi) is 4.60. The number of phenolic OH excluding ortho intramolecular Hbond substituents is 1. The van der Waals surface area contributed by atoms with E-state index in [1.165, 1.54) is 5.56 Å². The van der Waals surface area contributed by atoms with Gasteiger partial charge in [-0.05, 0) is 28.0 Å². The van der Waals surface area contributed by atoms with Crippen LogP contribution in [0.3, 0.4) is 0 Å². The average Bonchev–Trinajstić information content (AvgIpc) is 3.03. The van der Waals surface area contributed by atoms with Crippen molar-refractivity contribution in [3.63, 3.8) is 0 Å². The van der Waals surface area contributed by atoms with E-state index in [2.05, 4.69) is 71.0 Å². The van der Waals surface area contributed by atoms with Gasteiger partial charge in [0.1, 0.15) is 5.75 Å². The lowest BCUT2D eigenvalue weighted by atomic mass is 9.78. The Balaban J connectivity index is 2.02. The Morgan fingerprint density at radius 2 is 1.62 bits per heavy atom. The molecule has 3 rings (SSSR count). The van der Waals surface area contributed by atoms with Gasteiger partial charge in [-0.3, -0.25) is 0 Å². The maximum absolute atomic E-state index is 11.0. The van der Waals surface area contributed by atoms with Crippen molar-refractivity contribution in [2.24, 2.45) is 5.16 Å². The van der Waals surface area contributed by atoms with Gasteiger partial charge in [0.25, 0.3) is 0 Å². The summed E-state index contributed by atoms with van der Waals surface area (Å²) in [6, 6.07) is 14.3. The van der Waals surface area contributed by atoms with Crippen molar-refractivity contribution in [2.45, 2.75) is 64.9 Å².